The number of hydrogen-bond donors (Lipinski definition) is 2. The summed E-state index contributed by atoms with van der Waals surface area (Å²) in [6, 6.07) is 7.43. The number of aryl methyl sites for hydroxylation is 1. The van der Waals surface area contributed by atoms with Crippen molar-refractivity contribution in [1.82, 2.24) is 9.88 Å². The molecule has 0 saturated carbocycles. The van der Waals surface area contributed by atoms with E-state index in [9.17, 15) is 9.59 Å². The van der Waals surface area contributed by atoms with Crippen molar-refractivity contribution in [3.05, 3.63) is 46.5 Å². The topological polar surface area (TPSA) is 102 Å². The lowest BCUT2D eigenvalue weighted by atomic mass is 9.97. The van der Waals surface area contributed by atoms with Crippen molar-refractivity contribution in [2.24, 2.45) is 11.7 Å². The van der Waals surface area contributed by atoms with E-state index in [1.807, 2.05) is 28.5 Å². The van der Waals surface area contributed by atoms with E-state index in [0.717, 1.165) is 37.2 Å². The van der Waals surface area contributed by atoms with Crippen molar-refractivity contribution >= 4 is 28.3 Å². The molecule has 1 saturated heterocycles. The number of amides is 2. The highest BCUT2D eigenvalue weighted by molar-refractivity contribution is 7.13. The van der Waals surface area contributed by atoms with Gasteiger partial charge in [0.25, 0.3) is 0 Å². The number of carbonyl (C=O) groups is 2. The number of likely N-dealkylation sites (tertiary alicyclic amines) is 1. The fourth-order valence-electron chi connectivity index (χ4n) is 3.24. The van der Waals surface area contributed by atoms with E-state index >= 15 is 0 Å². The average Bonchev–Trinajstić information content (AvgIpc) is 3.22. The lowest BCUT2D eigenvalue weighted by Crippen LogP contribution is -2.29. The smallest absolute Gasteiger partial charge is 0.248 e. The maximum Gasteiger partial charge on any atom is 0.248 e. The van der Waals surface area contributed by atoms with Crippen molar-refractivity contribution < 1.29 is 9.59 Å². The first-order chi connectivity index (χ1) is 12.0. The van der Waals surface area contributed by atoms with Gasteiger partial charge in [-0.25, -0.2) is 4.98 Å². The fourth-order valence-corrected chi connectivity index (χ4v) is 3.84. The number of nitrogens with zero attached hydrogens (tertiary/aromatic N) is 2. The quantitative estimate of drug-likeness (QED) is 0.822. The number of benzene rings is 1. The second kappa shape index (κ2) is 7.65. The summed E-state index contributed by atoms with van der Waals surface area (Å²) in [5.74, 6) is 0.176. The molecule has 25 heavy (non-hydrogen) atoms. The third-order valence-electron chi connectivity index (χ3n) is 4.54. The van der Waals surface area contributed by atoms with Gasteiger partial charge >= 0.3 is 0 Å². The lowest BCUT2D eigenvalue weighted by Gasteiger charge is -2.16. The number of thiazole rings is 1. The fraction of sp³-hybridized carbons (Fsp3) is 0.389. The Hall–Kier alpha value is -2.41. The Morgan fingerprint density at radius 1 is 1.36 bits per heavy atom. The highest BCUT2D eigenvalue weighted by atomic mass is 32.1. The first kappa shape index (κ1) is 17.4. The number of carbonyl (C=O) groups excluding carboxylic acids is 2. The monoisotopic (exact) mass is 358 g/mol. The Morgan fingerprint density at radius 3 is 2.92 bits per heavy atom. The zero-order valence-corrected chi connectivity index (χ0v) is 14.8. The summed E-state index contributed by atoms with van der Waals surface area (Å²) < 4.78 is 0. The minimum absolute atomic E-state index is 0.167. The molecule has 2 amide bonds. The summed E-state index contributed by atoms with van der Waals surface area (Å²) in [6.45, 7) is 1.55. The van der Waals surface area contributed by atoms with Crippen LogP contribution < -0.4 is 11.5 Å². The SMILES string of the molecule is NC(=O)c1cccc(C[C@H]2CCN(C(=O)CCc3csc(N)n3)C2)c1. The third-order valence-corrected chi connectivity index (χ3v) is 5.26. The molecule has 1 fully saturated rings. The molecule has 7 heteroatoms. The standard InChI is InChI=1S/C18H22N4O2S/c19-17(24)14-3-1-2-12(9-14)8-13-6-7-22(10-13)16(23)5-4-15-11-25-18(20)21-15/h1-3,9,11,13H,4-8,10H2,(H2,19,24)(H2,20,21)/t13-/m1/s1. The average molecular weight is 358 g/mol. The normalized spacial score (nSPS) is 17.0. The molecule has 2 aromatic rings. The van der Waals surface area contributed by atoms with Gasteiger partial charge in [0.2, 0.25) is 11.8 Å². The third kappa shape index (κ3) is 4.57. The molecule has 6 nitrogen and oxygen atoms in total. The summed E-state index contributed by atoms with van der Waals surface area (Å²) in [5, 5.41) is 2.45. The Balaban J connectivity index is 1.50. The van der Waals surface area contributed by atoms with E-state index in [-0.39, 0.29) is 5.91 Å². The minimum atomic E-state index is -0.409. The predicted octanol–water partition coefficient (Wildman–Crippen LogP) is 1.85. The largest absolute Gasteiger partial charge is 0.375 e. The van der Waals surface area contributed by atoms with Crippen LogP contribution in [0.1, 0.15) is 34.5 Å². The van der Waals surface area contributed by atoms with Crippen LogP contribution in [0.25, 0.3) is 0 Å². The minimum Gasteiger partial charge on any atom is -0.375 e. The molecule has 132 valence electrons. The van der Waals surface area contributed by atoms with E-state index in [0.29, 0.717) is 29.5 Å². The highest BCUT2D eigenvalue weighted by Gasteiger charge is 2.26. The Bertz CT molecular complexity index is 774. The summed E-state index contributed by atoms with van der Waals surface area (Å²) in [6.07, 6.45) is 2.94. The van der Waals surface area contributed by atoms with Gasteiger partial charge in [-0.3, -0.25) is 9.59 Å². The number of anilines is 1. The van der Waals surface area contributed by atoms with Crippen LogP contribution in [0.5, 0.6) is 0 Å². The molecule has 0 bridgehead atoms. The van der Waals surface area contributed by atoms with Gasteiger partial charge in [0.05, 0.1) is 5.69 Å². The van der Waals surface area contributed by atoms with Crippen LogP contribution in [0, 0.1) is 5.92 Å². The molecule has 0 spiro atoms. The van der Waals surface area contributed by atoms with Crippen LogP contribution in [0.15, 0.2) is 29.6 Å². The van der Waals surface area contributed by atoms with Crippen molar-refractivity contribution in [2.45, 2.75) is 25.7 Å². The molecule has 2 heterocycles. The van der Waals surface area contributed by atoms with Crippen molar-refractivity contribution in [2.75, 3.05) is 18.8 Å². The summed E-state index contributed by atoms with van der Waals surface area (Å²) in [5.41, 5.74) is 13.5. The lowest BCUT2D eigenvalue weighted by molar-refractivity contribution is -0.130. The first-order valence-corrected chi connectivity index (χ1v) is 9.25. The first-order valence-electron chi connectivity index (χ1n) is 8.37. The van der Waals surface area contributed by atoms with Gasteiger partial charge in [-0.2, -0.15) is 0 Å². The molecule has 1 atom stereocenters. The molecule has 0 aliphatic carbocycles. The second-order valence-corrected chi connectivity index (χ2v) is 7.33. The Morgan fingerprint density at radius 2 is 2.20 bits per heavy atom. The van der Waals surface area contributed by atoms with Gasteiger partial charge in [0, 0.05) is 30.5 Å². The summed E-state index contributed by atoms with van der Waals surface area (Å²) in [7, 11) is 0. The molecule has 1 aliphatic heterocycles. The molecule has 0 radical (unpaired) electrons. The predicted molar refractivity (Wildman–Crippen MR) is 98.2 cm³/mol. The maximum atomic E-state index is 12.4. The molecular weight excluding hydrogens is 336 g/mol. The molecule has 0 unspecified atom stereocenters. The molecule has 1 aromatic heterocycles. The zero-order valence-electron chi connectivity index (χ0n) is 14.0. The number of aromatic nitrogens is 1. The van der Waals surface area contributed by atoms with Crippen LogP contribution in [-0.2, 0) is 17.6 Å². The maximum absolute atomic E-state index is 12.4. The highest BCUT2D eigenvalue weighted by Crippen LogP contribution is 2.22. The van der Waals surface area contributed by atoms with Crippen LogP contribution >= 0.6 is 11.3 Å². The van der Waals surface area contributed by atoms with E-state index in [1.54, 1.807) is 6.07 Å². The van der Waals surface area contributed by atoms with Gasteiger partial charge in [0.15, 0.2) is 5.13 Å². The van der Waals surface area contributed by atoms with Gasteiger partial charge in [-0.1, -0.05) is 12.1 Å². The van der Waals surface area contributed by atoms with E-state index in [4.69, 9.17) is 11.5 Å². The number of rotatable bonds is 6. The number of hydrogen-bond acceptors (Lipinski definition) is 5. The van der Waals surface area contributed by atoms with E-state index in [2.05, 4.69) is 4.98 Å². The van der Waals surface area contributed by atoms with Gasteiger partial charge in [-0.05, 0) is 42.9 Å². The van der Waals surface area contributed by atoms with Gasteiger partial charge < -0.3 is 16.4 Å². The number of nitrogens with two attached hydrogens (primary N) is 2. The van der Waals surface area contributed by atoms with E-state index < -0.39 is 5.91 Å². The van der Waals surface area contributed by atoms with Crippen molar-refractivity contribution in [3.8, 4) is 0 Å². The van der Waals surface area contributed by atoms with Crippen LogP contribution in [0.3, 0.4) is 0 Å². The van der Waals surface area contributed by atoms with Crippen molar-refractivity contribution in [1.29, 1.82) is 0 Å². The van der Waals surface area contributed by atoms with Gasteiger partial charge in [0.1, 0.15) is 0 Å². The Labute approximate surface area is 150 Å². The summed E-state index contributed by atoms with van der Waals surface area (Å²) in [4.78, 5) is 29.8. The number of primary amides is 1. The number of nitrogen functional groups attached to an aromatic ring is 1. The van der Waals surface area contributed by atoms with Crippen LogP contribution in [0.2, 0.25) is 0 Å². The second-order valence-electron chi connectivity index (χ2n) is 6.44. The van der Waals surface area contributed by atoms with E-state index in [1.165, 1.54) is 11.3 Å². The molecule has 1 aromatic carbocycles. The summed E-state index contributed by atoms with van der Waals surface area (Å²) >= 11 is 1.40. The van der Waals surface area contributed by atoms with Gasteiger partial charge in [-0.15, -0.1) is 11.3 Å². The van der Waals surface area contributed by atoms with Crippen LogP contribution in [-0.4, -0.2) is 34.8 Å². The molecule has 4 N–H and O–H groups in total. The zero-order chi connectivity index (χ0) is 17.8. The molecular formula is C18H22N4O2S. The molecule has 3 rings (SSSR count). The Kier molecular flexibility index (Phi) is 5.33. The van der Waals surface area contributed by atoms with Crippen LogP contribution in [0.4, 0.5) is 5.13 Å². The van der Waals surface area contributed by atoms with Crippen molar-refractivity contribution in [3.63, 3.8) is 0 Å². The molecule has 1 aliphatic rings.